The van der Waals surface area contributed by atoms with Gasteiger partial charge in [0.05, 0.1) is 6.61 Å². The minimum atomic E-state index is -0.250. The van der Waals surface area contributed by atoms with Crippen LogP contribution in [0.2, 0.25) is 0 Å². The number of ether oxygens (including phenoxy) is 2. The second-order valence-corrected chi connectivity index (χ2v) is 7.00. The van der Waals surface area contributed by atoms with E-state index in [1.165, 1.54) is 6.92 Å². The Morgan fingerprint density at radius 2 is 2.07 bits per heavy atom. The molecule has 0 saturated heterocycles. The van der Waals surface area contributed by atoms with Gasteiger partial charge in [0.2, 0.25) is 0 Å². The van der Waals surface area contributed by atoms with E-state index in [-0.39, 0.29) is 17.8 Å². The fraction of sp³-hybridized carbons (Fsp3) is 0.429. The average Bonchev–Trinajstić information content (AvgIpc) is 3.10. The molecule has 1 aliphatic heterocycles. The van der Waals surface area contributed by atoms with E-state index in [9.17, 15) is 9.59 Å². The van der Waals surface area contributed by atoms with Gasteiger partial charge in [-0.25, -0.2) is 0 Å². The molecule has 0 fully saturated rings. The highest BCUT2D eigenvalue weighted by Gasteiger charge is 2.23. The molecule has 0 bridgehead atoms. The van der Waals surface area contributed by atoms with Gasteiger partial charge in [0.1, 0.15) is 23.3 Å². The van der Waals surface area contributed by atoms with Crippen LogP contribution in [0, 0.1) is 13.8 Å². The summed E-state index contributed by atoms with van der Waals surface area (Å²) < 4.78 is 11.6. The lowest BCUT2D eigenvalue weighted by Gasteiger charge is -2.13. The van der Waals surface area contributed by atoms with Crippen molar-refractivity contribution in [2.24, 2.45) is 0 Å². The molecular weight excluding hydrogens is 344 g/mol. The number of aromatic nitrogens is 1. The molecule has 1 unspecified atom stereocenters. The van der Waals surface area contributed by atoms with Crippen LogP contribution in [-0.2, 0) is 13.0 Å². The van der Waals surface area contributed by atoms with E-state index in [0.29, 0.717) is 35.7 Å². The van der Waals surface area contributed by atoms with Gasteiger partial charge < -0.3 is 19.8 Å². The molecule has 2 aromatic rings. The fourth-order valence-electron chi connectivity index (χ4n) is 3.68. The summed E-state index contributed by atoms with van der Waals surface area (Å²) in [4.78, 5) is 27.5. The molecule has 1 amide bonds. The van der Waals surface area contributed by atoms with Crippen LogP contribution in [0.15, 0.2) is 12.1 Å². The number of benzene rings is 1. The number of H-pyrrole nitrogens is 1. The number of rotatable bonds is 6. The molecule has 6 nitrogen and oxygen atoms in total. The zero-order valence-corrected chi connectivity index (χ0v) is 16.5. The van der Waals surface area contributed by atoms with Crippen LogP contribution in [0.3, 0.4) is 0 Å². The summed E-state index contributed by atoms with van der Waals surface area (Å²) in [7, 11) is 0. The maximum atomic E-state index is 12.7. The fourth-order valence-corrected chi connectivity index (χ4v) is 3.68. The highest BCUT2D eigenvalue weighted by Crippen LogP contribution is 2.35. The first-order valence-corrected chi connectivity index (χ1v) is 9.25. The van der Waals surface area contributed by atoms with Crippen LogP contribution >= 0.6 is 0 Å². The molecule has 3 rings (SSSR count). The number of hydrogen-bond donors (Lipinski definition) is 2. The second-order valence-electron chi connectivity index (χ2n) is 7.00. The lowest BCUT2D eigenvalue weighted by Crippen LogP contribution is -2.24. The Morgan fingerprint density at radius 3 is 2.70 bits per heavy atom. The van der Waals surface area contributed by atoms with Crippen LogP contribution in [-0.4, -0.2) is 29.4 Å². The third kappa shape index (κ3) is 3.70. The number of fused-ring (bicyclic) bond motifs is 1. The van der Waals surface area contributed by atoms with Gasteiger partial charge in [-0.15, -0.1) is 0 Å². The Labute approximate surface area is 159 Å². The summed E-state index contributed by atoms with van der Waals surface area (Å²) >= 11 is 0. The number of hydrogen-bond acceptors (Lipinski definition) is 4. The molecule has 0 saturated carbocycles. The van der Waals surface area contributed by atoms with Gasteiger partial charge in [-0.1, -0.05) is 0 Å². The number of carbonyl (C=O) groups is 2. The van der Waals surface area contributed by atoms with Crippen LogP contribution in [0.4, 0.5) is 0 Å². The third-order valence-corrected chi connectivity index (χ3v) is 4.84. The van der Waals surface area contributed by atoms with Crippen molar-refractivity contribution in [2.75, 3.05) is 6.61 Å². The molecule has 0 spiro atoms. The van der Waals surface area contributed by atoms with E-state index < -0.39 is 0 Å². The molecule has 2 heterocycles. The number of aryl methyl sites for hydroxylation is 1. The van der Waals surface area contributed by atoms with Crippen molar-refractivity contribution in [3.8, 4) is 11.5 Å². The Balaban J connectivity index is 1.81. The van der Waals surface area contributed by atoms with E-state index in [2.05, 4.69) is 10.3 Å². The summed E-state index contributed by atoms with van der Waals surface area (Å²) in [5, 5.41) is 2.92. The van der Waals surface area contributed by atoms with E-state index in [0.717, 1.165) is 29.0 Å². The van der Waals surface area contributed by atoms with Crippen LogP contribution in [0.25, 0.3) is 0 Å². The molecule has 1 aromatic heterocycles. The molecule has 27 heavy (non-hydrogen) atoms. The second kappa shape index (κ2) is 7.47. The predicted octanol–water partition coefficient (Wildman–Crippen LogP) is 3.49. The minimum absolute atomic E-state index is 0.0520. The molecule has 1 atom stereocenters. The first-order chi connectivity index (χ1) is 12.8. The van der Waals surface area contributed by atoms with Crippen molar-refractivity contribution < 1.29 is 19.1 Å². The minimum Gasteiger partial charge on any atom is -0.494 e. The Hall–Kier alpha value is -2.76. The van der Waals surface area contributed by atoms with Crippen LogP contribution in [0.1, 0.15) is 64.0 Å². The summed E-state index contributed by atoms with van der Waals surface area (Å²) in [6.07, 6.45) is 1.01. The van der Waals surface area contributed by atoms with Gasteiger partial charge in [0.15, 0.2) is 5.78 Å². The van der Waals surface area contributed by atoms with Crippen molar-refractivity contribution in [3.05, 3.63) is 45.8 Å². The van der Waals surface area contributed by atoms with E-state index in [4.69, 9.17) is 9.47 Å². The highest BCUT2D eigenvalue weighted by molar-refractivity contribution is 6.02. The van der Waals surface area contributed by atoms with E-state index in [1.807, 2.05) is 26.0 Å². The van der Waals surface area contributed by atoms with Gasteiger partial charge >= 0.3 is 0 Å². The van der Waals surface area contributed by atoms with Crippen molar-refractivity contribution in [1.29, 1.82) is 0 Å². The van der Waals surface area contributed by atoms with E-state index >= 15 is 0 Å². The quantitative estimate of drug-likeness (QED) is 0.763. The molecule has 1 aliphatic rings. The number of Topliss-reactive ketones (excluding diaryl/α,β-unsaturated/α-hetero) is 1. The molecule has 2 N–H and O–H groups in total. The van der Waals surface area contributed by atoms with E-state index in [1.54, 1.807) is 13.8 Å². The third-order valence-electron chi connectivity index (χ3n) is 4.84. The van der Waals surface area contributed by atoms with Gasteiger partial charge in [-0.05, 0) is 52.3 Å². The lowest BCUT2D eigenvalue weighted by atomic mass is 10.1. The normalized spacial score (nSPS) is 15.2. The maximum absolute atomic E-state index is 12.7. The first kappa shape index (κ1) is 19.0. The Bertz CT molecular complexity index is 898. The molecule has 0 aliphatic carbocycles. The standard InChI is InChI=1S/C21H26N2O4/c1-6-26-17-8-15-7-11(2)27-18(15)9-16(17)10-22-21(25)20-12(3)19(14(5)24)13(4)23-20/h8-9,11,23H,6-7,10H2,1-5H3,(H,22,25). The van der Waals surface area contributed by atoms with Crippen LogP contribution < -0.4 is 14.8 Å². The number of amides is 1. The lowest BCUT2D eigenvalue weighted by molar-refractivity contribution is 0.0945. The number of ketones is 1. The summed E-state index contributed by atoms with van der Waals surface area (Å²) in [6.45, 7) is 9.91. The van der Waals surface area contributed by atoms with Gasteiger partial charge in [-0.3, -0.25) is 9.59 Å². The van der Waals surface area contributed by atoms with Crippen molar-refractivity contribution in [1.82, 2.24) is 10.3 Å². The van der Waals surface area contributed by atoms with Crippen molar-refractivity contribution in [3.63, 3.8) is 0 Å². The smallest absolute Gasteiger partial charge is 0.268 e. The van der Waals surface area contributed by atoms with Crippen molar-refractivity contribution >= 4 is 11.7 Å². The predicted molar refractivity (Wildman–Crippen MR) is 103 cm³/mol. The molecule has 144 valence electrons. The average molecular weight is 370 g/mol. The summed E-state index contributed by atoms with van der Waals surface area (Å²) in [5.74, 6) is 1.31. The van der Waals surface area contributed by atoms with Gasteiger partial charge in [0.25, 0.3) is 5.91 Å². The first-order valence-electron chi connectivity index (χ1n) is 9.25. The molecule has 6 heteroatoms. The maximum Gasteiger partial charge on any atom is 0.268 e. The molecular formula is C21H26N2O4. The van der Waals surface area contributed by atoms with Gasteiger partial charge in [0, 0.05) is 35.3 Å². The zero-order valence-electron chi connectivity index (χ0n) is 16.5. The molecule has 1 aromatic carbocycles. The Morgan fingerprint density at radius 1 is 1.33 bits per heavy atom. The highest BCUT2D eigenvalue weighted by atomic mass is 16.5. The Kier molecular flexibility index (Phi) is 5.26. The number of carbonyl (C=O) groups excluding carboxylic acids is 2. The van der Waals surface area contributed by atoms with Gasteiger partial charge in [-0.2, -0.15) is 0 Å². The largest absolute Gasteiger partial charge is 0.494 e. The number of nitrogens with one attached hydrogen (secondary N) is 2. The zero-order chi connectivity index (χ0) is 19.7. The summed E-state index contributed by atoms with van der Waals surface area (Å²) in [5.41, 5.74) is 4.37. The topological polar surface area (TPSA) is 80.4 Å². The summed E-state index contributed by atoms with van der Waals surface area (Å²) in [6, 6.07) is 3.94. The molecule has 0 radical (unpaired) electrons. The monoisotopic (exact) mass is 370 g/mol. The van der Waals surface area contributed by atoms with Crippen LogP contribution in [0.5, 0.6) is 11.5 Å². The SMILES string of the molecule is CCOc1cc2c(cc1CNC(=O)c1[nH]c(C)c(C(C)=O)c1C)OC(C)C2. The van der Waals surface area contributed by atoms with Crippen molar-refractivity contribution in [2.45, 2.75) is 53.7 Å². The number of aromatic amines is 1.